The van der Waals surface area contributed by atoms with Gasteiger partial charge in [-0.2, -0.15) is 0 Å². The second kappa shape index (κ2) is 6.50. The lowest BCUT2D eigenvalue weighted by molar-refractivity contribution is -0.401. The first-order valence-corrected chi connectivity index (χ1v) is 9.36. The van der Waals surface area contributed by atoms with E-state index in [2.05, 4.69) is 10.2 Å². The Labute approximate surface area is 149 Å². The van der Waals surface area contributed by atoms with Gasteiger partial charge in [0.2, 0.25) is 14.2 Å². The van der Waals surface area contributed by atoms with Crippen LogP contribution < -0.4 is 0 Å². The summed E-state index contributed by atoms with van der Waals surface area (Å²) in [5.74, 6) is -1.53. The van der Waals surface area contributed by atoms with Crippen molar-refractivity contribution in [2.45, 2.75) is 10.1 Å². The van der Waals surface area contributed by atoms with Crippen LogP contribution in [0.1, 0.15) is 5.56 Å². The molecule has 0 aliphatic heterocycles. The second-order valence-electron chi connectivity index (χ2n) is 4.76. The predicted octanol–water partition coefficient (Wildman–Crippen LogP) is 3.47. The third-order valence-electron chi connectivity index (χ3n) is 3.02. The SMILES string of the molecule is O=[N+]([O-])c1ccc(-c2nnc(S(=O)(=O)Cc3ccc(F)cc3Cl)s2)o1. The van der Waals surface area contributed by atoms with Crippen molar-refractivity contribution in [1.82, 2.24) is 10.2 Å². The standard InChI is InChI=1S/C13H7ClFN3O5S2/c14-9-5-8(15)2-1-7(9)6-25(21,22)13-17-16-12(24-13)10-3-4-11(23-10)18(19)20/h1-5H,6H2. The van der Waals surface area contributed by atoms with Crippen molar-refractivity contribution in [3.63, 3.8) is 0 Å². The highest BCUT2D eigenvalue weighted by Gasteiger charge is 2.24. The number of hydrogen-bond acceptors (Lipinski definition) is 8. The summed E-state index contributed by atoms with van der Waals surface area (Å²) >= 11 is 6.54. The third kappa shape index (κ3) is 3.67. The Morgan fingerprint density at radius 3 is 2.68 bits per heavy atom. The molecule has 0 aliphatic carbocycles. The van der Waals surface area contributed by atoms with E-state index in [1.165, 1.54) is 12.1 Å². The summed E-state index contributed by atoms with van der Waals surface area (Å²) in [5.41, 5.74) is 0.216. The highest BCUT2D eigenvalue weighted by Crippen LogP contribution is 2.31. The molecule has 1 aromatic carbocycles. The molecule has 3 rings (SSSR count). The fourth-order valence-corrected chi connectivity index (χ4v) is 4.60. The van der Waals surface area contributed by atoms with Crippen LogP contribution in [0.15, 0.2) is 39.1 Å². The van der Waals surface area contributed by atoms with Crippen molar-refractivity contribution in [3.8, 4) is 10.8 Å². The summed E-state index contributed by atoms with van der Waals surface area (Å²) in [6, 6.07) is 5.81. The molecular formula is C13H7ClFN3O5S2. The lowest BCUT2D eigenvalue weighted by Gasteiger charge is -2.03. The number of sulfone groups is 1. The molecule has 0 unspecified atom stereocenters. The van der Waals surface area contributed by atoms with Crippen LogP contribution in [0, 0.1) is 15.9 Å². The molecule has 8 nitrogen and oxygen atoms in total. The molecule has 0 amide bonds. The van der Waals surface area contributed by atoms with Gasteiger partial charge in [0.25, 0.3) is 0 Å². The van der Waals surface area contributed by atoms with Crippen LogP contribution >= 0.6 is 22.9 Å². The van der Waals surface area contributed by atoms with Gasteiger partial charge in [0.1, 0.15) is 10.7 Å². The van der Waals surface area contributed by atoms with Crippen LogP contribution in [-0.2, 0) is 15.6 Å². The molecular weight excluding hydrogens is 397 g/mol. The molecule has 0 saturated carbocycles. The molecule has 3 aromatic rings. The van der Waals surface area contributed by atoms with Gasteiger partial charge in [0.15, 0.2) is 10.8 Å². The number of hydrogen-bond donors (Lipinski definition) is 0. The van der Waals surface area contributed by atoms with E-state index in [1.807, 2.05) is 0 Å². The summed E-state index contributed by atoms with van der Waals surface area (Å²) < 4.78 is 42.5. The molecule has 0 fully saturated rings. The lowest BCUT2D eigenvalue weighted by Crippen LogP contribution is -2.05. The minimum absolute atomic E-state index is 0.0185. The summed E-state index contributed by atoms with van der Waals surface area (Å²) in [7, 11) is -3.88. The second-order valence-corrected chi connectivity index (χ2v) is 8.31. The maximum atomic E-state index is 13.0. The van der Waals surface area contributed by atoms with Crippen LogP contribution in [0.2, 0.25) is 5.02 Å². The van der Waals surface area contributed by atoms with E-state index >= 15 is 0 Å². The molecule has 12 heteroatoms. The summed E-state index contributed by atoms with van der Waals surface area (Å²) in [4.78, 5) is 9.89. The molecule has 25 heavy (non-hydrogen) atoms. The number of furan rings is 1. The molecule has 0 bridgehead atoms. The average molecular weight is 404 g/mol. The highest BCUT2D eigenvalue weighted by molar-refractivity contribution is 7.92. The van der Waals surface area contributed by atoms with Gasteiger partial charge in [-0.15, -0.1) is 10.2 Å². The normalized spacial score (nSPS) is 11.6. The third-order valence-corrected chi connectivity index (χ3v) is 6.42. The van der Waals surface area contributed by atoms with E-state index in [0.29, 0.717) is 11.3 Å². The van der Waals surface area contributed by atoms with Gasteiger partial charge >= 0.3 is 5.88 Å². The Morgan fingerprint density at radius 2 is 2.04 bits per heavy atom. The van der Waals surface area contributed by atoms with Crippen molar-refractivity contribution in [3.05, 3.63) is 56.8 Å². The number of benzene rings is 1. The smallest absolute Gasteiger partial charge is 0.398 e. The summed E-state index contributed by atoms with van der Waals surface area (Å²) in [6.45, 7) is 0. The lowest BCUT2D eigenvalue weighted by atomic mass is 10.2. The molecule has 0 saturated heterocycles. The van der Waals surface area contributed by atoms with Gasteiger partial charge in [-0.1, -0.05) is 29.0 Å². The van der Waals surface area contributed by atoms with Crippen LogP contribution in [0.5, 0.6) is 0 Å². The Morgan fingerprint density at radius 1 is 1.28 bits per heavy atom. The fourth-order valence-electron chi connectivity index (χ4n) is 1.88. The Balaban J connectivity index is 1.88. The van der Waals surface area contributed by atoms with Crippen LogP contribution in [0.25, 0.3) is 10.8 Å². The zero-order chi connectivity index (χ0) is 18.2. The number of halogens is 2. The fraction of sp³-hybridized carbons (Fsp3) is 0.0769. The summed E-state index contributed by atoms with van der Waals surface area (Å²) in [6.07, 6.45) is 0. The quantitative estimate of drug-likeness (QED) is 0.473. The summed E-state index contributed by atoms with van der Waals surface area (Å²) in [5, 5.41) is 18.0. The van der Waals surface area contributed by atoms with Crippen LogP contribution in [-0.4, -0.2) is 23.5 Å². The van der Waals surface area contributed by atoms with E-state index in [9.17, 15) is 22.9 Å². The van der Waals surface area contributed by atoms with Gasteiger partial charge in [0.05, 0.1) is 11.8 Å². The largest absolute Gasteiger partial charge is 0.433 e. The van der Waals surface area contributed by atoms with Gasteiger partial charge in [-0.05, 0) is 23.8 Å². The molecule has 2 aromatic heterocycles. The topological polar surface area (TPSA) is 116 Å². The van der Waals surface area contributed by atoms with Crippen molar-refractivity contribution in [2.24, 2.45) is 0 Å². The van der Waals surface area contributed by atoms with Crippen molar-refractivity contribution in [2.75, 3.05) is 0 Å². The van der Waals surface area contributed by atoms with Crippen molar-refractivity contribution >= 4 is 38.7 Å². The first-order chi connectivity index (χ1) is 11.8. The zero-order valence-electron chi connectivity index (χ0n) is 12.0. The van der Waals surface area contributed by atoms with Gasteiger partial charge in [-0.3, -0.25) is 10.1 Å². The van der Waals surface area contributed by atoms with E-state index < -0.39 is 32.2 Å². The molecule has 0 spiro atoms. The Kier molecular flexibility index (Phi) is 4.54. The van der Waals surface area contributed by atoms with E-state index in [4.69, 9.17) is 16.0 Å². The van der Waals surface area contributed by atoms with Crippen molar-refractivity contribution < 1.29 is 22.1 Å². The maximum Gasteiger partial charge on any atom is 0.433 e. The van der Waals surface area contributed by atoms with Gasteiger partial charge in [0, 0.05) is 5.02 Å². The van der Waals surface area contributed by atoms with Crippen molar-refractivity contribution in [1.29, 1.82) is 0 Å². The first-order valence-electron chi connectivity index (χ1n) is 6.51. The number of aromatic nitrogens is 2. The van der Waals surface area contributed by atoms with Crippen LogP contribution in [0.3, 0.4) is 0 Å². The van der Waals surface area contributed by atoms with Gasteiger partial charge < -0.3 is 4.42 Å². The molecule has 2 heterocycles. The monoisotopic (exact) mass is 403 g/mol. The molecule has 0 aliphatic rings. The predicted molar refractivity (Wildman–Crippen MR) is 86.6 cm³/mol. The number of nitrogens with zero attached hydrogens (tertiary/aromatic N) is 3. The first kappa shape index (κ1) is 17.5. The minimum atomic E-state index is -3.88. The highest BCUT2D eigenvalue weighted by atomic mass is 35.5. The Hall–Kier alpha value is -2.37. The Bertz CT molecular complexity index is 1060. The molecule has 130 valence electrons. The van der Waals surface area contributed by atoms with Crippen LogP contribution in [0.4, 0.5) is 10.3 Å². The zero-order valence-corrected chi connectivity index (χ0v) is 14.4. The van der Waals surface area contributed by atoms with E-state index in [1.54, 1.807) is 0 Å². The number of nitro groups is 1. The van der Waals surface area contributed by atoms with E-state index in [-0.39, 0.29) is 25.7 Å². The van der Waals surface area contributed by atoms with Gasteiger partial charge in [-0.25, -0.2) is 12.8 Å². The maximum absolute atomic E-state index is 13.0. The molecule has 0 N–H and O–H groups in total. The average Bonchev–Trinajstić information content (AvgIpc) is 3.18. The molecule has 0 radical (unpaired) electrons. The van der Waals surface area contributed by atoms with E-state index in [0.717, 1.165) is 18.2 Å². The minimum Gasteiger partial charge on any atom is -0.398 e. The molecule has 0 atom stereocenters. The number of rotatable bonds is 5.